The van der Waals surface area contributed by atoms with Gasteiger partial charge in [0, 0.05) is 28.9 Å². The minimum atomic E-state index is -0.353. The molecule has 6 aromatic rings. The first-order valence-electron chi connectivity index (χ1n) is 12.6. The second-order valence-electron chi connectivity index (χ2n) is 8.93. The molecule has 0 aliphatic rings. The Bertz CT molecular complexity index is 1810. The fourth-order valence-corrected chi connectivity index (χ4v) is 4.40. The molecule has 3 aromatic heterocycles. The number of hydrazone groups is 1. The Balaban J connectivity index is 1.33. The highest BCUT2D eigenvalue weighted by molar-refractivity contribution is 6.07. The lowest BCUT2D eigenvalue weighted by Gasteiger charge is -2.08. The van der Waals surface area contributed by atoms with E-state index in [0.29, 0.717) is 22.5 Å². The summed E-state index contributed by atoms with van der Waals surface area (Å²) in [5.41, 5.74) is 8.40. The fourth-order valence-electron chi connectivity index (χ4n) is 4.40. The molecule has 8 heteroatoms. The topological polar surface area (TPSA) is 94.3 Å². The lowest BCUT2D eigenvalue weighted by atomic mass is 10.1. The standard InChI is InChI=1S/C32H24N6O2/c1-40-25-16-14-22(15-17-25)31-23(21-38(37-31)24-9-3-2-4-10-24)20-34-36-32(39)27-19-30(29-13-7-8-18-33-29)35-28-12-6-5-11-26(27)28/h2-21H,1H3,(H,36,39). The molecule has 1 amide bonds. The molecule has 0 aliphatic heterocycles. The first kappa shape index (κ1) is 24.7. The number of carbonyl (C=O) groups excluding carboxylic acids is 1. The average molecular weight is 525 g/mol. The third kappa shape index (κ3) is 5.06. The molecule has 40 heavy (non-hydrogen) atoms. The minimum absolute atomic E-state index is 0.353. The molecule has 3 heterocycles. The molecule has 0 saturated carbocycles. The molecule has 0 saturated heterocycles. The molecule has 194 valence electrons. The molecular weight excluding hydrogens is 500 g/mol. The number of ether oxygens (including phenoxy) is 1. The zero-order valence-electron chi connectivity index (χ0n) is 21.6. The largest absolute Gasteiger partial charge is 0.497 e. The van der Waals surface area contributed by atoms with Crippen LogP contribution in [0.4, 0.5) is 0 Å². The molecule has 0 unspecified atom stereocenters. The van der Waals surface area contributed by atoms with E-state index in [0.717, 1.165) is 33.6 Å². The van der Waals surface area contributed by atoms with Crippen LogP contribution in [0.25, 0.3) is 39.2 Å². The van der Waals surface area contributed by atoms with E-state index in [1.165, 1.54) is 0 Å². The Morgan fingerprint density at radius 3 is 2.45 bits per heavy atom. The first-order chi connectivity index (χ1) is 19.7. The number of carbonyl (C=O) groups is 1. The maximum absolute atomic E-state index is 13.4. The lowest BCUT2D eigenvalue weighted by molar-refractivity contribution is 0.0956. The third-order valence-corrected chi connectivity index (χ3v) is 6.38. The van der Waals surface area contributed by atoms with Gasteiger partial charge in [-0.15, -0.1) is 0 Å². The quantitative estimate of drug-likeness (QED) is 0.207. The maximum Gasteiger partial charge on any atom is 0.272 e. The van der Waals surface area contributed by atoms with Gasteiger partial charge in [-0.25, -0.2) is 15.1 Å². The van der Waals surface area contributed by atoms with Crippen molar-refractivity contribution < 1.29 is 9.53 Å². The van der Waals surface area contributed by atoms with Gasteiger partial charge in [-0.05, 0) is 60.7 Å². The molecular formula is C32H24N6O2. The molecule has 0 radical (unpaired) electrons. The van der Waals surface area contributed by atoms with E-state index in [1.807, 2.05) is 103 Å². The monoisotopic (exact) mass is 524 g/mol. The van der Waals surface area contributed by atoms with Crippen LogP contribution in [-0.4, -0.2) is 39.0 Å². The smallest absolute Gasteiger partial charge is 0.272 e. The van der Waals surface area contributed by atoms with Crippen molar-refractivity contribution in [2.45, 2.75) is 0 Å². The highest BCUT2D eigenvalue weighted by Crippen LogP contribution is 2.26. The molecule has 0 spiro atoms. The SMILES string of the molecule is COc1ccc(-c2nn(-c3ccccc3)cc2C=NNC(=O)c2cc(-c3ccccn3)nc3ccccc23)cc1. The number of aromatic nitrogens is 4. The van der Waals surface area contributed by atoms with Crippen LogP contribution in [0.15, 0.2) is 121 Å². The number of hydrogen-bond acceptors (Lipinski definition) is 6. The van der Waals surface area contributed by atoms with Crippen LogP contribution in [0.5, 0.6) is 5.75 Å². The molecule has 1 N–H and O–H groups in total. The van der Waals surface area contributed by atoms with Crippen LogP contribution in [0.3, 0.4) is 0 Å². The second-order valence-corrected chi connectivity index (χ2v) is 8.93. The summed E-state index contributed by atoms with van der Waals surface area (Å²) < 4.78 is 7.09. The molecule has 3 aromatic carbocycles. The lowest BCUT2D eigenvalue weighted by Crippen LogP contribution is -2.18. The number of para-hydroxylation sites is 2. The van der Waals surface area contributed by atoms with Gasteiger partial charge in [0.15, 0.2) is 0 Å². The number of nitrogens with one attached hydrogen (secondary N) is 1. The van der Waals surface area contributed by atoms with E-state index >= 15 is 0 Å². The number of nitrogens with zero attached hydrogens (tertiary/aromatic N) is 5. The summed E-state index contributed by atoms with van der Waals surface area (Å²) in [6.45, 7) is 0. The predicted molar refractivity (Wildman–Crippen MR) is 156 cm³/mol. The first-order valence-corrected chi connectivity index (χ1v) is 12.6. The maximum atomic E-state index is 13.4. The van der Waals surface area contributed by atoms with Crippen molar-refractivity contribution in [1.29, 1.82) is 0 Å². The molecule has 6 rings (SSSR count). The van der Waals surface area contributed by atoms with Crippen molar-refractivity contribution in [1.82, 2.24) is 25.2 Å². The van der Waals surface area contributed by atoms with Gasteiger partial charge < -0.3 is 4.74 Å². The van der Waals surface area contributed by atoms with Gasteiger partial charge >= 0.3 is 0 Å². The highest BCUT2D eigenvalue weighted by atomic mass is 16.5. The average Bonchev–Trinajstić information content (AvgIpc) is 3.45. The summed E-state index contributed by atoms with van der Waals surface area (Å²) in [7, 11) is 1.63. The fraction of sp³-hybridized carbons (Fsp3) is 0.0312. The third-order valence-electron chi connectivity index (χ3n) is 6.38. The zero-order chi connectivity index (χ0) is 27.3. The zero-order valence-corrected chi connectivity index (χ0v) is 21.6. The van der Waals surface area contributed by atoms with E-state index in [1.54, 1.807) is 30.3 Å². The summed E-state index contributed by atoms with van der Waals surface area (Å²) in [4.78, 5) is 22.5. The minimum Gasteiger partial charge on any atom is -0.497 e. The van der Waals surface area contributed by atoms with Crippen LogP contribution in [0, 0.1) is 0 Å². The van der Waals surface area contributed by atoms with Crippen LogP contribution < -0.4 is 10.2 Å². The van der Waals surface area contributed by atoms with Crippen LogP contribution in [0.2, 0.25) is 0 Å². The van der Waals surface area contributed by atoms with Gasteiger partial charge in [0.2, 0.25) is 0 Å². The highest BCUT2D eigenvalue weighted by Gasteiger charge is 2.15. The molecule has 0 atom stereocenters. The van der Waals surface area contributed by atoms with E-state index in [2.05, 4.69) is 15.5 Å². The van der Waals surface area contributed by atoms with Crippen LogP contribution in [-0.2, 0) is 0 Å². The van der Waals surface area contributed by atoms with E-state index in [9.17, 15) is 4.79 Å². The Morgan fingerprint density at radius 1 is 0.900 bits per heavy atom. The molecule has 0 fully saturated rings. The normalized spacial score (nSPS) is 11.1. The Kier molecular flexibility index (Phi) is 6.79. The number of amides is 1. The van der Waals surface area contributed by atoms with Crippen molar-refractivity contribution in [3.63, 3.8) is 0 Å². The number of pyridine rings is 2. The number of methoxy groups -OCH3 is 1. The summed E-state index contributed by atoms with van der Waals surface area (Å²) in [5, 5.41) is 9.85. The summed E-state index contributed by atoms with van der Waals surface area (Å²) in [5.74, 6) is 0.400. The number of fused-ring (bicyclic) bond motifs is 1. The number of rotatable bonds is 7. The van der Waals surface area contributed by atoms with Gasteiger partial charge in [0.25, 0.3) is 5.91 Å². The Morgan fingerprint density at radius 2 is 1.68 bits per heavy atom. The number of hydrogen-bond donors (Lipinski definition) is 1. The Labute approximate surface area is 230 Å². The van der Waals surface area contributed by atoms with Gasteiger partial charge in [0.05, 0.1) is 41.5 Å². The molecule has 0 aliphatic carbocycles. The van der Waals surface area contributed by atoms with Gasteiger partial charge in [-0.3, -0.25) is 9.78 Å². The Hall–Kier alpha value is -5.63. The van der Waals surface area contributed by atoms with Crippen molar-refractivity contribution >= 4 is 23.0 Å². The van der Waals surface area contributed by atoms with Crippen LogP contribution in [0.1, 0.15) is 15.9 Å². The van der Waals surface area contributed by atoms with Gasteiger partial charge in [-0.1, -0.05) is 42.5 Å². The van der Waals surface area contributed by atoms with Crippen molar-refractivity contribution in [3.8, 4) is 34.1 Å². The second kappa shape index (κ2) is 11.0. The van der Waals surface area contributed by atoms with Gasteiger partial charge in [0.1, 0.15) is 11.4 Å². The van der Waals surface area contributed by atoms with Crippen molar-refractivity contribution in [2.24, 2.45) is 5.10 Å². The van der Waals surface area contributed by atoms with Crippen molar-refractivity contribution in [2.75, 3.05) is 7.11 Å². The summed E-state index contributed by atoms with van der Waals surface area (Å²) >= 11 is 0. The molecule has 8 nitrogen and oxygen atoms in total. The van der Waals surface area contributed by atoms with Crippen molar-refractivity contribution in [3.05, 3.63) is 127 Å². The molecule has 0 bridgehead atoms. The predicted octanol–water partition coefficient (Wildman–Crippen LogP) is 5.92. The van der Waals surface area contributed by atoms with E-state index in [4.69, 9.17) is 14.8 Å². The summed E-state index contributed by atoms with van der Waals surface area (Å²) in [6, 6.07) is 32.3. The van der Waals surface area contributed by atoms with Crippen LogP contribution >= 0.6 is 0 Å². The summed E-state index contributed by atoms with van der Waals surface area (Å²) in [6.07, 6.45) is 5.19. The number of benzene rings is 3. The van der Waals surface area contributed by atoms with E-state index in [-0.39, 0.29) is 5.91 Å². The van der Waals surface area contributed by atoms with Gasteiger partial charge in [-0.2, -0.15) is 10.2 Å². The van der Waals surface area contributed by atoms with E-state index < -0.39 is 0 Å².